The summed E-state index contributed by atoms with van der Waals surface area (Å²) in [6, 6.07) is 0. The van der Waals surface area contributed by atoms with Gasteiger partial charge in [-0.3, -0.25) is 0 Å². The van der Waals surface area contributed by atoms with Crippen LogP contribution in [0.25, 0.3) is 0 Å². The van der Waals surface area contributed by atoms with Gasteiger partial charge in [0.2, 0.25) is 0 Å². The Morgan fingerprint density at radius 3 is 3.00 bits per heavy atom. The summed E-state index contributed by atoms with van der Waals surface area (Å²) in [5, 5.41) is 16.3. The Labute approximate surface area is 70.7 Å². The van der Waals surface area contributed by atoms with Crippen molar-refractivity contribution >= 4 is 0 Å². The van der Waals surface area contributed by atoms with E-state index in [0.717, 1.165) is 5.69 Å². The van der Waals surface area contributed by atoms with E-state index in [1.165, 1.54) is 12.8 Å². The lowest BCUT2D eigenvalue weighted by molar-refractivity contribution is 0.296. The second kappa shape index (κ2) is 3.15. The molecule has 0 radical (unpaired) electrons. The molecule has 1 aliphatic carbocycles. The first-order valence-electron chi connectivity index (χ1n) is 4.19. The number of aromatic nitrogens is 3. The van der Waals surface area contributed by atoms with Crippen LogP contribution in [-0.4, -0.2) is 26.9 Å². The SMILES string of the molecule is OCCc1nncc(C2CC2)n1. The molecule has 12 heavy (non-hydrogen) atoms. The highest BCUT2D eigenvalue weighted by atomic mass is 16.3. The first kappa shape index (κ1) is 7.61. The van der Waals surface area contributed by atoms with Crippen LogP contribution >= 0.6 is 0 Å². The number of aliphatic hydroxyl groups excluding tert-OH is 1. The number of hydrogen-bond acceptors (Lipinski definition) is 4. The summed E-state index contributed by atoms with van der Waals surface area (Å²) in [5.74, 6) is 1.26. The van der Waals surface area contributed by atoms with E-state index in [9.17, 15) is 0 Å². The normalized spacial score (nSPS) is 16.4. The largest absolute Gasteiger partial charge is 0.396 e. The van der Waals surface area contributed by atoms with Gasteiger partial charge in [-0.2, -0.15) is 5.10 Å². The van der Waals surface area contributed by atoms with E-state index in [1.807, 2.05) is 0 Å². The van der Waals surface area contributed by atoms with Gasteiger partial charge >= 0.3 is 0 Å². The highest BCUT2D eigenvalue weighted by Gasteiger charge is 2.25. The molecular weight excluding hydrogens is 154 g/mol. The van der Waals surface area contributed by atoms with Crippen LogP contribution in [0.15, 0.2) is 6.20 Å². The molecular formula is C8H11N3O. The smallest absolute Gasteiger partial charge is 0.153 e. The van der Waals surface area contributed by atoms with Crippen LogP contribution in [0.5, 0.6) is 0 Å². The van der Waals surface area contributed by atoms with Gasteiger partial charge in [0.25, 0.3) is 0 Å². The molecule has 4 heteroatoms. The monoisotopic (exact) mass is 165 g/mol. The van der Waals surface area contributed by atoms with Gasteiger partial charge in [0, 0.05) is 12.3 Å². The van der Waals surface area contributed by atoms with Gasteiger partial charge in [-0.1, -0.05) is 0 Å². The fourth-order valence-corrected chi connectivity index (χ4v) is 1.14. The lowest BCUT2D eigenvalue weighted by Gasteiger charge is -1.98. The summed E-state index contributed by atoms with van der Waals surface area (Å²) < 4.78 is 0. The molecule has 0 bridgehead atoms. The molecule has 1 aromatic rings. The summed E-state index contributed by atoms with van der Waals surface area (Å²) in [5.41, 5.74) is 1.04. The molecule has 1 saturated carbocycles. The van der Waals surface area contributed by atoms with Crippen molar-refractivity contribution in [1.29, 1.82) is 0 Å². The van der Waals surface area contributed by atoms with Crippen molar-refractivity contribution in [2.75, 3.05) is 6.61 Å². The molecule has 64 valence electrons. The summed E-state index contributed by atoms with van der Waals surface area (Å²) >= 11 is 0. The van der Waals surface area contributed by atoms with E-state index in [0.29, 0.717) is 18.2 Å². The van der Waals surface area contributed by atoms with Crippen LogP contribution in [0, 0.1) is 0 Å². The van der Waals surface area contributed by atoms with Gasteiger partial charge in [-0.05, 0) is 12.8 Å². The quantitative estimate of drug-likeness (QED) is 0.699. The van der Waals surface area contributed by atoms with Crippen molar-refractivity contribution in [2.24, 2.45) is 0 Å². The van der Waals surface area contributed by atoms with Crippen molar-refractivity contribution in [3.05, 3.63) is 17.7 Å². The third kappa shape index (κ3) is 1.58. The zero-order valence-corrected chi connectivity index (χ0v) is 6.77. The Balaban J connectivity index is 2.15. The average Bonchev–Trinajstić information content (AvgIpc) is 2.88. The molecule has 0 spiro atoms. The maximum absolute atomic E-state index is 8.66. The first-order valence-corrected chi connectivity index (χ1v) is 4.19. The Hall–Kier alpha value is -1.03. The topological polar surface area (TPSA) is 58.9 Å². The molecule has 1 aromatic heterocycles. The maximum Gasteiger partial charge on any atom is 0.153 e. The minimum atomic E-state index is 0.0931. The van der Waals surface area contributed by atoms with Crippen molar-refractivity contribution in [3.63, 3.8) is 0 Å². The molecule has 0 atom stereocenters. The molecule has 0 aliphatic heterocycles. The van der Waals surface area contributed by atoms with Crippen LogP contribution < -0.4 is 0 Å². The zero-order valence-electron chi connectivity index (χ0n) is 6.77. The minimum absolute atomic E-state index is 0.0931. The van der Waals surface area contributed by atoms with E-state index in [1.54, 1.807) is 6.20 Å². The highest BCUT2D eigenvalue weighted by molar-refractivity contribution is 5.10. The Kier molecular flexibility index (Phi) is 1.99. The fraction of sp³-hybridized carbons (Fsp3) is 0.625. The van der Waals surface area contributed by atoms with Crippen LogP contribution in [0.1, 0.15) is 30.3 Å². The van der Waals surface area contributed by atoms with Crippen LogP contribution in [0.2, 0.25) is 0 Å². The number of aliphatic hydroxyl groups is 1. The molecule has 1 aliphatic rings. The molecule has 2 rings (SSSR count). The van der Waals surface area contributed by atoms with Gasteiger partial charge in [0.1, 0.15) is 0 Å². The second-order valence-corrected chi connectivity index (χ2v) is 3.05. The summed E-state index contributed by atoms with van der Waals surface area (Å²) in [6.07, 6.45) is 4.67. The van der Waals surface area contributed by atoms with Gasteiger partial charge in [0.05, 0.1) is 18.5 Å². The van der Waals surface area contributed by atoms with Crippen molar-refractivity contribution < 1.29 is 5.11 Å². The summed E-state index contributed by atoms with van der Waals surface area (Å²) in [7, 11) is 0. The molecule has 0 amide bonds. The molecule has 1 N–H and O–H groups in total. The number of rotatable bonds is 3. The van der Waals surface area contributed by atoms with E-state index in [2.05, 4.69) is 15.2 Å². The van der Waals surface area contributed by atoms with Gasteiger partial charge < -0.3 is 5.11 Å². The second-order valence-electron chi connectivity index (χ2n) is 3.05. The lowest BCUT2D eigenvalue weighted by Crippen LogP contribution is -2.02. The fourth-order valence-electron chi connectivity index (χ4n) is 1.14. The Morgan fingerprint density at radius 2 is 2.33 bits per heavy atom. The van der Waals surface area contributed by atoms with Crippen molar-refractivity contribution in [3.8, 4) is 0 Å². The van der Waals surface area contributed by atoms with Gasteiger partial charge in [-0.15, -0.1) is 5.10 Å². The molecule has 0 aromatic carbocycles. The number of hydrogen-bond donors (Lipinski definition) is 1. The Bertz CT molecular complexity index is 273. The van der Waals surface area contributed by atoms with Gasteiger partial charge in [0.15, 0.2) is 5.82 Å². The molecule has 1 fully saturated rings. The van der Waals surface area contributed by atoms with E-state index < -0.39 is 0 Å². The van der Waals surface area contributed by atoms with Crippen molar-refractivity contribution in [1.82, 2.24) is 15.2 Å². The average molecular weight is 165 g/mol. The lowest BCUT2D eigenvalue weighted by atomic mass is 10.3. The molecule has 0 saturated heterocycles. The van der Waals surface area contributed by atoms with Crippen LogP contribution in [-0.2, 0) is 6.42 Å². The molecule has 0 unspecified atom stereocenters. The maximum atomic E-state index is 8.66. The Morgan fingerprint density at radius 1 is 1.50 bits per heavy atom. The van der Waals surface area contributed by atoms with E-state index >= 15 is 0 Å². The van der Waals surface area contributed by atoms with E-state index in [4.69, 9.17) is 5.11 Å². The zero-order chi connectivity index (χ0) is 8.39. The van der Waals surface area contributed by atoms with Crippen LogP contribution in [0.3, 0.4) is 0 Å². The standard InChI is InChI=1S/C8H11N3O/c12-4-3-8-10-7(5-9-11-8)6-1-2-6/h5-6,12H,1-4H2. The van der Waals surface area contributed by atoms with Gasteiger partial charge in [-0.25, -0.2) is 4.98 Å². The molecule has 4 nitrogen and oxygen atoms in total. The van der Waals surface area contributed by atoms with Crippen molar-refractivity contribution in [2.45, 2.75) is 25.2 Å². The third-order valence-electron chi connectivity index (χ3n) is 1.95. The van der Waals surface area contributed by atoms with Crippen LogP contribution in [0.4, 0.5) is 0 Å². The highest BCUT2D eigenvalue weighted by Crippen LogP contribution is 2.38. The van der Waals surface area contributed by atoms with E-state index in [-0.39, 0.29) is 6.61 Å². The minimum Gasteiger partial charge on any atom is -0.396 e. The predicted octanol–water partition coefficient (Wildman–Crippen LogP) is 0.284. The predicted molar refractivity (Wildman–Crippen MR) is 42.6 cm³/mol. The third-order valence-corrected chi connectivity index (χ3v) is 1.95. The summed E-state index contributed by atoms with van der Waals surface area (Å²) in [6.45, 7) is 0.0931. The summed E-state index contributed by atoms with van der Waals surface area (Å²) in [4.78, 5) is 4.29. The first-order chi connectivity index (χ1) is 5.90. The molecule has 1 heterocycles. The number of nitrogens with zero attached hydrogens (tertiary/aromatic N) is 3.